The average Bonchev–Trinajstić information content (AvgIpc) is 3.06. The molecule has 0 unspecified atom stereocenters. The molecule has 2 heterocycles. The minimum Gasteiger partial charge on any atom is -0.506 e. The van der Waals surface area contributed by atoms with Crippen molar-refractivity contribution in [3.63, 3.8) is 0 Å². The fraction of sp³-hybridized carbons (Fsp3) is 0.0556. The molecule has 0 saturated heterocycles. The maximum atomic E-state index is 12.9. The van der Waals surface area contributed by atoms with Crippen molar-refractivity contribution in [2.75, 3.05) is 0 Å². The first kappa shape index (κ1) is 15.6. The highest BCUT2D eigenvalue weighted by Gasteiger charge is 2.13. The van der Waals surface area contributed by atoms with E-state index in [4.69, 9.17) is 4.42 Å². The second-order valence-corrected chi connectivity index (χ2v) is 5.03. The van der Waals surface area contributed by atoms with Gasteiger partial charge in [-0.05, 0) is 29.8 Å². The monoisotopic (exact) mass is 324 g/mol. The lowest BCUT2D eigenvalue weighted by Gasteiger charge is -1.98. The van der Waals surface area contributed by atoms with Gasteiger partial charge in [0.1, 0.15) is 17.3 Å². The van der Waals surface area contributed by atoms with Crippen LogP contribution in [-0.2, 0) is 6.42 Å². The molecule has 1 N–H and O–H groups in total. The van der Waals surface area contributed by atoms with Gasteiger partial charge in [-0.1, -0.05) is 18.2 Å². The van der Waals surface area contributed by atoms with Gasteiger partial charge in [-0.3, -0.25) is 9.78 Å². The van der Waals surface area contributed by atoms with Crippen LogP contribution in [0.25, 0.3) is 5.76 Å². The highest BCUT2D eigenvalue weighted by Crippen LogP contribution is 2.14. The Morgan fingerprint density at radius 1 is 1.17 bits per heavy atom. The van der Waals surface area contributed by atoms with Gasteiger partial charge in [-0.25, -0.2) is 9.37 Å². The number of rotatable bonds is 5. The summed E-state index contributed by atoms with van der Waals surface area (Å²) in [5.41, 5.74) is 1.10. The molecule has 0 atom stereocenters. The van der Waals surface area contributed by atoms with Gasteiger partial charge in [0.2, 0.25) is 5.78 Å². The minimum atomic E-state index is -0.518. The number of halogens is 1. The minimum absolute atomic E-state index is 0.00888. The number of hydrogen-bond donors (Lipinski definition) is 1. The number of benzene rings is 1. The van der Waals surface area contributed by atoms with Gasteiger partial charge in [0, 0.05) is 18.7 Å². The predicted octanol–water partition coefficient (Wildman–Crippen LogP) is 3.58. The number of carbonyl (C=O) groups excluding carboxylic acids is 1. The van der Waals surface area contributed by atoms with E-state index in [1.54, 1.807) is 30.3 Å². The van der Waals surface area contributed by atoms with E-state index in [0.29, 0.717) is 12.3 Å². The first-order chi connectivity index (χ1) is 11.6. The molecule has 24 heavy (non-hydrogen) atoms. The highest BCUT2D eigenvalue weighted by molar-refractivity contribution is 6.05. The van der Waals surface area contributed by atoms with Gasteiger partial charge in [0.05, 0.1) is 6.20 Å². The fourth-order valence-corrected chi connectivity index (χ4v) is 2.07. The van der Waals surface area contributed by atoms with E-state index < -0.39 is 5.78 Å². The molecule has 5 nitrogen and oxygen atoms in total. The number of oxazole rings is 1. The Morgan fingerprint density at radius 3 is 2.67 bits per heavy atom. The molecule has 0 amide bonds. The van der Waals surface area contributed by atoms with Crippen LogP contribution in [0, 0.1) is 5.82 Å². The van der Waals surface area contributed by atoms with E-state index in [1.165, 1.54) is 24.5 Å². The molecule has 0 saturated carbocycles. The molecule has 0 aliphatic rings. The zero-order valence-corrected chi connectivity index (χ0v) is 12.5. The molecule has 3 aromatic rings. The molecule has 3 rings (SSSR count). The Morgan fingerprint density at radius 2 is 1.96 bits per heavy atom. The Labute approximate surface area is 137 Å². The van der Waals surface area contributed by atoms with Gasteiger partial charge in [-0.15, -0.1) is 0 Å². The highest BCUT2D eigenvalue weighted by atomic mass is 19.1. The third-order valence-electron chi connectivity index (χ3n) is 3.26. The standard InChI is InChI=1S/C18H13FN2O3/c19-13-6-4-12(5-7-13)9-18-21-11-17(24-18)16(23)10-15(22)14-3-1-2-8-20-14/h1-8,10-11,22H,9H2. The third-order valence-corrected chi connectivity index (χ3v) is 3.26. The van der Waals surface area contributed by atoms with Crippen LogP contribution in [0.5, 0.6) is 0 Å². The number of ketones is 1. The number of aromatic nitrogens is 2. The molecule has 0 radical (unpaired) electrons. The molecule has 120 valence electrons. The average molecular weight is 324 g/mol. The number of hydrogen-bond acceptors (Lipinski definition) is 5. The molecule has 0 aliphatic carbocycles. The summed E-state index contributed by atoms with van der Waals surface area (Å²) in [4.78, 5) is 20.1. The number of allylic oxidation sites excluding steroid dienone is 1. The summed E-state index contributed by atoms with van der Waals surface area (Å²) in [6, 6.07) is 10.9. The lowest BCUT2D eigenvalue weighted by molar-refractivity contribution is 0.101. The molecule has 0 spiro atoms. The van der Waals surface area contributed by atoms with Gasteiger partial charge in [-0.2, -0.15) is 0 Å². The Kier molecular flexibility index (Phi) is 4.47. The first-order valence-corrected chi connectivity index (χ1v) is 7.17. The van der Waals surface area contributed by atoms with Crippen molar-refractivity contribution >= 4 is 11.5 Å². The largest absolute Gasteiger partial charge is 0.506 e. The molecule has 1 aromatic carbocycles. The van der Waals surface area contributed by atoms with E-state index in [9.17, 15) is 14.3 Å². The van der Waals surface area contributed by atoms with Crippen molar-refractivity contribution < 1.29 is 18.7 Å². The quantitative estimate of drug-likeness (QED) is 0.441. The summed E-state index contributed by atoms with van der Waals surface area (Å²) in [6.07, 6.45) is 4.18. The van der Waals surface area contributed by atoms with Crippen LogP contribution in [0.15, 0.2) is 65.4 Å². The van der Waals surface area contributed by atoms with E-state index in [2.05, 4.69) is 9.97 Å². The summed E-state index contributed by atoms with van der Waals surface area (Å²) >= 11 is 0. The zero-order chi connectivity index (χ0) is 16.9. The van der Waals surface area contributed by atoms with Crippen molar-refractivity contribution in [1.29, 1.82) is 0 Å². The maximum absolute atomic E-state index is 12.9. The normalized spacial score (nSPS) is 11.5. The van der Waals surface area contributed by atoms with Crippen LogP contribution >= 0.6 is 0 Å². The fourth-order valence-electron chi connectivity index (χ4n) is 2.07. The molecule has 0 aliphatic heterocycles. The number of carbonyl (C=O) groups is 1. The first-order valence-electron chi connectivity index (χ1n) is 7.17. The van der Waals surface area contributed by atoms with Crippen molar-refractivity contribution in [2.45, 2.75) is 6.42 Å². The Hall–Kier alpha value is -3.28. The number of pyridine rings is 1. The summed E-state index contributed by atoms with van der Waals surface area (Å²) in [6.45, 7) is 0. The molecule has 2 aromatic heterocycles. The Balaban J connectivity index is 1.73. The van der Waals surface area contributed by atoms with Gasteiger partial charge < -0.3 is 9.52 Å². The Bertz CT molecular complexity index is 871. The zero-order valence-electron chi connectivity index (χ0n) is 12.5. The second kappa shape index (κ2) is 6.87. The van der Waals surface area contributed by atoms with Crippen molar-refractivity contribution in [2.24, 2.45) is 0 Å². The van der Waals surface area contributed by atoms with Gasteiger partial charge >= 0.3 is 0 Å². The van der Waals surface area contributed by atoms with Crippen molar-refractivity contribution in [3.05, 3.63) is 89.7 Å². The topological polar surface area (TPSA) is 76.2 Å². The van der Waals surface area contributed by atoms with Crippen molar-refractivity contribution in [1.82, 2.24) is 9.97 Å². The van der Waals surface area contributed by atoms with Gasteiger partial charge in [0.25, 0.3) is 0 Å². The lowest BCUT2D eigenvalue weighted by atomic mass is 10.1. The lowest BCUT2D eigenvalue weighted by Crippen LogP contribution is -1.96. The maximum Gasteiger partial charge on any atom is 0.226 e. The summed E-state index contributed by atoms with van der Waals surface area (Å²) in [7, 11) is 0. The number of aliphatic hydroxyl groups excluding tert-OH is 1. The smallest absolute Gasteiger partial charge is 0.226 e. The van der Waals surface area contributed by atoms with Crippen LogP contribution < -0.4 is 0 Å². The van der Waals surface area contributed by atoms with E-state index in [0.717, 1.165) is 11.6 Å². The van der Waals surface area contributed by atoms with Gasteiger partial charge in [0.15, 0.2) is 11.7 Å². The SMILES string of the molecule is O=C(C=C(O)c1ccccn1)c1cnc(Cc2ccc(F)cc2)o1. The third kappa shape index (κ3) is 3.73. The molecule has 0 fully saturated rings. The van der Waals surface area contributed by atoms with Crippen LogP contribution in [-0.4, -0.2) is 20.9 Å². The molecule has 6 heteroatoms. The van der Waals surface area contributed by atoms with E-state index in [1.807, 2.05) is 0 Å². The second-order valence-electron chi connectivity index (χ2n) is 5.03. The van der Waals surface area contributed by atoms with Crippen LogP contribution in [0.3, 0.4) is 0 Å². The van der Waals surface area contributed by atoms with Crippen LogP contribution in [0.4, 0.5) is 4.39 Å². The van der Waals surface area contributed by atoms with Crippen LogP contribution in [0.1, 0.15) is 27.7 Å². The molecule has 0 bridgehead atoms. The molecular formula is C18H13FN2O3. The van der Waals surface area contributed by atoms with Crippen molar-refractivity contribution in [3.8, 4) is 0 Å². The number of aliphatic hydroxyl groups is 1. The number of nitrogens with zero attached hydrogens (tertiary/aromatic N) is 2. The molecular weight excluding hydrogens is 311 g/mol. The van der Waals surface area contributed by atoms with E-state index >= 15 is 0 Å². The predicted molar refractivity (Wildman–Crippen MR) is 84.9 cm³/mol. The van der Waals surface area contributed by atoms with Crippen LogP contribution in [0.2, 0.25) is 0 Å². The summed E-state index contributed by atoms with van der Waals surface area (Å²) in [5.74, 6) is -0.754. The van der Waals surface area contributed by atoms with E-state index in [-0.39, 0.29) is 23.0 Å². The summed E-state index contributed by atoms with van der Waals surface area (Å²) < 4.78 is 18.3. The summed E-state index contributed by atoms with van der Waals surface area (Å²) in [5, 5.41) is 9.90.